The van der Waals surface area contributed by atoms with Gasteiger partial charge in [0, 0.05) is 57.0 Å². The number of carbonyl (C=O) groups excluding carboxylic acids is 2. The van der Waals surface area contributed by atoms with Crippen molar-refractivity contribution in [2.75, 3.05) is 11.4 Å². The molecule has 1 saturated heterocycles. The summed E-state index contributed by atoms with van der Waals surface area (Å²) >= 11 is 6.09. The summed E-state index contributed by atoms with van der Waals surface area (Å²) in [5.74, 6) is 1.30. The first-order valence-electron chi connectivity index (χ1n) is 12.8. The molecular formula is C29H26ClFN6O3. The Morgan fingerprint density at radius 3 is 2.67 bits per heavy atom. The van der Waals surface area contributed by atoms with Gasteiger partial charge in [0.1, 0.15) is 29.8 Å². The van der Waals surface area contributed by atoms with Crippen molar-refractivity contribution in [1.82, 2.24) is 24.8 Å². The number of imide groups is 1. The first kappa shape index (κ1) is 26.0. The van der Waals surface area contributed by atoms with Crippen LogP contribution in [-0.2, 0) is 38.1 Å². The van der Waals surface area contributed by atoms with Gasteiger partial charge in [-0.3, -0.25) is 24.9 Å². The van der Waals surface area contributed by atoms with Crippen molar-refractivity contribution in [2.24, 2.45) is 7.05 Å². The minimum atomic E-state index is -0.442. The van der Waals surface area contributed by atoms with Gasteiger partial charge < -0.3 is 9.30 Å². The third-order valence-corrected chi connectivity index (χ3v) is 7.51. The predicted molar refractivity (Wildman–Crippen MR) is 147 cm³/mol. The summed E-state index contributed by atoms with van der Waals surface area (Å²) in [7, 11) is 1.85. The molecule has 1 fully saturated rings. The lowest BCUT2D eigenvalue weighted by Crippen LogP contribution is -2.50. The molecule has 0 radical (unpaired) electrons. The van der Waals surface area contributed by atoms with Crippen LogP contribution in [0.4, 0.5) is 15.0 Å². The summed E-state index contributed by atoms with van der Waals surface area (Å²) < 4.78 is 21.6. The maximum atomic E-state index is 14.0. The zero-order valence-electron chi connectivity index (χ0n) is 21.7. The van der Waals surface area contributed by atoms with Gasteiger partial charge in [-0.2, -0.15) is 0 Å². The van der Waals surface area contributed by atoms with Crippen LogP contribution in [0.15, 0.2) is 60.9 Å². The van der Waals surface area contributed by atoms with Crippen molar-refractivity contribution in [3.8, 4) is 17.1 Å². The number of hydrogen-bond donors (Lipinski definition) is 1. The second-order valence-electron chi connectivity index (χ2n) is 9.86. The van der Waals surface area contributed by atoms with Crippen LogP contribution in [-0.4, -0.2) is 37.9 Å². The molecule has 0 atom stereocenters. The van der Waals surface area contributed by atoms with Crippen LogP contribution in [0.2, 0.25) is 5.02 Å². The van der Waals surface area contributed by atoms with Crippen molar-refractivity contribution in [1.29, 1.82) is 0 Å². The summed E-state index contributed by atoms with van der Waals surface area (Å²) in [6.07, 6.45) is 3.70. The summed E-state index contributed by atoms with van der Waals surface area (Å²) in [5.41, 5.74) is 4.47. The highest BCUT2D eigenvalue weighted by Gasteiger charge is 2.28. The molecule has 0 saturated carbocycles. The molecule has 4 heterocycles. The molecule has 11 heteroatoms. The minimum absolute atomic E-state index is 0.0582. The number of pyridine rings is 1. The third kappa shape index (κ3) is 5.15. The first-order valence-corrected chi connectivity index (χ1v) is 13.2. The quantitative estimate of drug-likeness (QED) is 0.348. The largest absolute Gasteiger partial charge is 0.489 e. The SMILES string of the molecule is Cn1c(N2CCC(=O)NC2=O)cnc1-c1cnc2c(c1)CN(Cc1ccc(OCc3c(F)cccc3Cl)cc1)C2. The van der Waals surface area contributed by atoms with Crippen LogP contribution in [0.25, 0.3) is 11.4 Å². The Balaban J connectivity index is 1.09. The van der Waals surface area contributed by atoms with Gasteiger partial charge in [-0.1, -0.05) is 29.8 Å². The lowest BCUT2D eigenvalue weighted by Gasteiger charge is -2.26. The van der Waals surface area contributed by atoms with Gasteiger partial charge in [-0.25, -0.2) is 14.2 Å². The molecule has 1 N–H and O–H groups in total. The number of nitrogens with zero attached hydrogens (tertiary/aromatic N) is 5. The lowest BCUT2D eigenvalue weighted by molar-refractivity contribution is -0.120. The van der Waals surface area contributed by atoms with Crippen molar-refractivity contribution < 1.29 is 18.7 Å². The number of amides is 3. The zero-order valence-corrected chi connectivity index (χ0v) is 22.5. The number of fused-ring (bicyclic) bond motifs is 1. The Hall–Kier alpha value is -4.28. The summed E-state index contributed by atoms with van der Waals surface area (Å²) in [4.78, 5) is 36.9. The number of benzene rings is 2. The van der Waals surface area contributed by atoms with Gasteiger partial charge in [0.15, 0.2) is 0 Å². The Labute approximate surface area is 235 Å². The van der Waals surface area contributed by atoms with E-state index in [1.807, 2.05) is 42.1 Å². The maximum Gasteiger partial charge on any atom is 0.329 e. The van der Waals surface area contributed by atoms with E-state index in [0.717, 1.165) is 42.0 Å². The summed E-state index contributed by atoms with van der Waals surface area (Å²) in [6.45, 7) is 2.58. The molecule has 0 spiro atoms. The number of hydrogen-bond acceptors (Lipinski definition) is 6. The molecule has 2 aromatic carbocycles. The van der Waals surface area contributed by atoms with Gasteiger partial charge in [0.2, 0.25) is 5.91 Å². The van der Waals surface area contributed by atoms with Gasteiger partial charge in [-0.15, -0.1) is 0 Å². The standard InChI is InChI=1S/C29H26ClFN6O3/c1-35-27(37-10-9-26(38)34-29(37)39)13-33-28(35)19-11-20-15-36(16-25(20)32-12-19)14-18-5-7-21(8-6-18)40-17-22-23(30)3-2-4-24(22)31/h2-8,11-13H,9-10,14-17H2,1H3,(H,34,38,39). The first-order chi connectivity index (χ1) is 19.4. The normalized spacial score (nSPS) is 15.3. The van der Waals surface area contributed by atoms with E-state index in [9.17, 15) is 14.0 Å². The monoisotopic (exact) mass is 560 g/mol. The van der Waals surface area contributed by atoms with E-state index in [1.54, 1.807) is 18.3 Å². The number of nitrogens with one attached hydrogen (secondary N) is 1. The van der Waals surface area contributed by atoms with Crippen LogP contribution in [0.3, 0.4) is 0 Å². The van der Waals surface area contributed by atoms with E-state index in [0.29, 0.717) is 34.5 Å². The van der Waals surface area contributed by atoms with Crippen molar-refractivity contribution in [2.45, 2.75) is 32.7 Å². The van der Waals surface area contributed by atoms with E-state index in [1.165, 1.54) is 11.0 Å². The molecule has 0 unspecified atom stereocenters. The van der Waals surface area contributed by atoms with Crippen LogP contribution >= 0.6 is 11.6 Å². The fraction of sp³-hybridized carbons (Fsp3) is 0.241. The summed E-state index contributed by atoms with van der Waals surface area (Å²) in [5, 5.41) is 2.69. The second-order valence-corrected chi connectivity index (χ2v) is 10.3. The second kappa shape index (κ2) is 10.7. The van der Waals surface area contributed by atoms with Gasteiger partial charge >= 0.3 is 6.03 Å². The Kier molecular flexibility index (Phi) is 6.95. The van der Waals surface area contributed by atoms with Crippen LogP contribution < -0.4 is 15.0 Å². The Morgan fingerprint density at radius 1 is 1.07 bits per heavy atom. The number of anilines is 1. The third-order valence-electron chi connectivity index (χ3n) is 7.15. The highest BCUT2D eigenvalue weighted by molar-refractivity contribution is 6.31. The fourth-order valence-corrected chi connectivity index (χ4v) is 5.26. The summed E-state index contributed by atoms with van der Waals surface area (Å²) in [6, 6.07) is 14.0. The molecule has 9 nitrogen and oxygen atoms in total. The number of rotatable bonds is 7. The van der Waals surface area contributed by atoms with Crippen molar-refractivity contribution >= 4 is 29.4 Å². The van der Waals surface area contributed by atoms with Crippen LogP contribution in [0.5, 0.6) is 5.75 Å². The van der Waals surface area contributed by atoms with Gasteiger partial charge in [-0.05, 0) is 41.5 Å². The molecule has 0 bridgehead atoms. The van der Waals surface area contributed by atoms with E-state index < -0.39 is 6.03 Å². The lowest BCUT2D eigenvalue weighted by atomic mass is 10.1. The molecular weight excluding hydrogens is 535 g/mol. The maximum absolute atomic E-state index is 14.0. The molecule has 2 aromatic heterocycles. The van der Waals surface area contributed by atoms with E-state index in [4.69, 9.17) is 21.3 Å². The topological polar surface area (TPSA) is 92.6 Å². The molecule has 204 valence electrons. The van der Waals surface area contributed by atoms with E-state index in [2.05, 4.69) is 21.3 Å². The average molecular weight is 561 g/mol. The minimum Gasteiger partial charge on any atom is -0.489 e. The molecule has 3 amide bonds. The molecule has 4 aromatic rings. The van der Waals surface area contributed by atoms with Gasteiger partial charge in [0.25, 0.3) is 0 Å². The van der Waals surface area contributed by atoms with Gasteiger partial charge in [0.05, 0.1) is 16.9 Å². The van der Waals surface area contributed by atoms with Crippen LogP contribution in [0.1, 0.15) is 28.8 Å². The van der Waals surface area contributed by atoms with E-state index >= 15 is 0 Å². The number of ether oxygens (including phenoxy) is 1. The van der Waals surface area contributed by atoms with E-state index in [-0.39, 0.29) is 24.8 Å². The smallest absolute Gasteiger partial charge is 0.329 e. The highest BCUT2D eigenvalue weighted by Crippen LogP contribution is 2.30. The highest BCUT2D eigenvalue weighted by atomic mass is 35.5. The number of urea groups is 1. The average Bonchev–Trinajstić information content (AvgIpc) is 3.51. The molecule has 0 aliphatic carbocycles. The zero-order chi connectivity index (χ0) is 27.8. The molecule has 40 heavy (non-hydrogen) atoms. The fourth-order valence-electron chi connectivity index (χ4n) is 5.04. The number of imidazole rings is 1. The molecule has 6 rings (SSSR count). The van der Waals surface area contributed by atoms with Crippen molar-refractivity contribution in [3.63, 3.8) is 0 Å². The number of halogens is 2. The Bertz CT molecular complexity index is 1590. The Morgan fingerprint density at radius 2 is 1.90 bits per heavy atom. The number of carbonyl (C=O) groups is 2. The predicted octanol–water partition coefficient (Wildman–Crippen LogP) is 4.82. The molecule has 2 aliphatic rings. The van der Waals surface area contributed by atoms with Crippen LogP contribution in [0, 0.1) is 5.82 Å². The molecule has 2 aliphatic heterocycles. The van der Waals surface area contributed by atoms with Crippen molar-refractivity contribution in [3.05, 3.63) is 94.1 Å². The number of aromatic nitrogens is 3.